The van der Waals surface area contributed by atoms with Gasteiger partial charge < -0.3 is 9.57 Å². The molecule has 0 radical (unpaired) electrons. The van der Waals surface area contributed by atoms with Crippen molar-refractivity contribution in [3.63, 3.8) is 0 Å². The molecule has 5 heteroatoms. The molecule has 4 nitrogen and oxygen atoms in total. The maximum Gasteiger partial charge on any atom is 0.214 e. The first-order chi connectivity index (χ1) is 7.79. The third-order valence-corrected chi connectivity index (χ3v) is 3.35. The molecule has 1 aromatic carbocycles. The predicted octanol–water partition coefficient (Wildman–Crippen LogP) is 2.09. The molecule has 1 heterocycles. The van der Waals surface area contributed by atoms with E-state index in [2.05, 4.69) is 22.6 Å². The smallest absolute Gasteiger partial charge is 0.214 e. The van der Waals surface area contributed by atoms with Crippen LogP contribution in [0.25, 0.3) is 10.9 Å². The van der Waals surface area contributed by atoms with Crippen LogP contribution in [-0.2, 0) is 4.74 Å². The lowest BCUT2D eigenvalue weighted by atomic mass is 10.2. The van der Waals surface area contributed by atoms with Crippen LogP contribution >= 0.6 is 22.6 Å². The van der Waals surface area contributed by atoms with Crippen molar-refractivity contribution in [3.05, 3.63) is 33.5 Å². The van der Waals surface area contributed by atoms with Crippen LogP contribution in [-0.4, -0.2) is 24.9 Å². The fourth-order valence-corrected chi connectivity index (χ4v) is 2.34. The highest BCUT2D eigenvalue weighted by atomic mass is 127. The van der Waals surface area contributed by atoms with Crippen molar-refractivity contribution in [2.24, 2.45) is 0 Å². The van der Waals surface area contributed by atoms with Gasteiger partial charge in [0.1, 0.15) is 5.69 Å². The summed E-state index contributed by atoms with van der Waals surface area (Å²) in [5.74, 6) is 0. The largest absolute Gasteiger partial charge is 0.384 e. The molecule has 2 aromatic rings. The highest BCUT2D eigenvalue weighted by Crippen LogP contribution is 2.25. The third-order valence-electron chi connectivity index (χ3n) is 2.21. The molecule has 0 N–H and O–H groups in total. The average molecular weight is 331 g/mol. The normalized spacial score (nSPS) is 10.6. The number of aromatic nitrogens is 1. The minimum Gasteiger partial charge on any atom is -0.384 e. The Hall–Kier alpha value is -1.08. The molecule has 0 amide bonds. The van der Waals surface area contributed by atoms with Crippen molar-refractivity contribution >= 4 is 39.8 Å². The molecule has 0 fully saturated rings. The second kappa shape index (κ2) is 4.84. The Morgan fingerprint density at radius 3 is 2.88 bits per heavy atom. The molecule has 2 rings (SSSR count). The summed E-state index contributed by atoms with van der Waals surface area (Å²) in [5.41, 5.74) is 1.38. The van der Waals surface area contributed by atoms with Gasteiger partial charge in [-0.1, -0.05) is 18.2 Å². The Bertz CT molecular complexity index is 521. The van der Waals surface area contributed by atoms with Crippen LogP contribution in [0.15, 0.2) is 24.3 Å². The molecule has 0 saturated carbocycles. The van der Waals surface area contributed by atoms with Crippen LogP contribution in [0.3, 0.4) is 0 Å². The number of rotatable bonds is 4. The van der Waals surface area contributed by atoms with E-state index in [0.717, 1.165) is 20.8 Å². The molecular formula is C11H10INO3. The summed E-state index contributed by atoms with van der Waals surface area (Å²) in [4.78, 5) is 16.4. The van der Waals surface area contributed by atoms with Gasteiger partial charge in [-0.3, -0.25) is 4.79 Å². The summed E-state index contributed by atoms with van der Waals surface area (Å²) < 4.78 is 7.24. The van der Waals surface area contributed by atoms with Gasteiger partial charge in [-0.05, 0) is 28.7 Å². The number of methoxy groups -OCH3 is 1. The predicted molar refractivity (Wildman–Crippen MR) is 68.5 cm³/mol. The topological polar surface area (TPSA) is 40.5 Å². The number of ether oxygens (including phenoxy) is 1. The zero-order valence-electron chi connectivity index (χ0n) is 8.64. The molecule has 0 aliphatic rings. The van der Waals surface area contributed by atoms with Gasteiger partial charge in [0.2, 0.25) is 6.79 Å². The number of benzene rings is 1. The number of hydrogen-bond donors (Lipinski definition) is 0. The minimum atomic E-state index is 0.107. The number of carbonyl (C=O) groups excluding carboxylic acids is 1. The van der Waals surface area contributed by atoms with E-state index in [1.807, 2.05) is 24.3 Å². The monoisotopic (exact) mass is 331 g/mol. The van der Waals surface area contributed by atoms with Gasteiger partial charge in [-0.15, -0.1) is 0 Å². The fraction of sp³-hybridized carbons (Fsp3) is 0.182. The summed E-state index contributed by atoms with van der Waals surface area (Å²) in [6.07, 6.45) is 0.789. The molecule has 0 unspecified atom stereocenters. The Kier molecular flexibility index (Phi) is 3.45. The van der Waals surface area contributed by atoms with Crippen molar-refractivity contribution < 1.29 is 14.4 Å². The molecule has 0 saturated heterocycles. The first-order valence-electron chi connectivity index (χ1n) is 4.66. The van der Waals surface area contributed by atoms with Crippen molar-refractivity contribution in [2.45, 2.75) is 0 Å². The summed E-state index contributed by atoms with van der Waals surface area (Å²) in [5, 5.41) is 1.00. The minimum absolute atomic E-state index is 0.107. The van der Waals surface area contributed by atoms with Crippen molar-refractivity contribution in [1.82, 2.24) is 4.73 Å². The standard InChI is InChI=1S/C11H10INO3/c1-15-7-16-13-9-5-3-2-4-8(9)11(12)10(13)6-14/h2-6H,7H2,1H3. The zero-order valence-corrected chi connectivity index (χ0v) is 10.8. The van der Waals surface area contributed by atoms with Crippen LogP contribution < -0.4 is 4.84 Å². The van der Waals surface area contributed by atoms with Gasteiger partial charge in [0.15, 0.2) is 6.29 Å². The van der Waals surface area contributed by atoms with E-state index in [4.69, 9.17) is 9.57 Å². The first kappa shape index (κ1) is 11.4. The van der Waals surface area contributed by atoms with E-state index in [1.165, 1.54) is 11.8 Å². The second-order valence-electron chi connectivity index (χ2n) is 3.16. The lowest BCUT2D eigenvalue weighted by molar-refractivity contribution is -0.0346. The van der Waals surface area contributed by atoms with Crippen molar-refractivity contribution in [1.29, 1.82) is 0 Å². The lowest BCUT2D eigenvalue weighted by Gasteiger charge is -2.08. The van der Waals surface area contributed by atoms with E-state index in [9.17, 15) is 4.79 Å². The molecule has 0 aliphatic heterocycles. The molecule has 84 valence electrons. The quantitative estimate of drug-likeness (QED) is 0.489. The van der Waals surface area contributed by atoms with Gasteiger partial charge in [-0.2, -0.15) is 4.73 Å². The molecule has 16 heavy (non-hydrogen) atoms. The van der Waals surface area contributed by atoms with E-state index in [-0.39, 0.29) is 6.79 Å². The molecule has 0 aliphatic carbocycles. The van der Waals surface area contributed by atoms with Gasteiger partial charge in [-0.25, -0.2) is 0 Å². The van der Waals surface area contributed by atoms with Crippen LogP contribution in [0.2, 0.25) is 0 Å². The second-order valence-corrected chi connectivity index (χ2v) is 4.24. The zero-order chi connectivity index (χ0) is 11.5. The van der Waals surface area contributed by atoms with Gasteiger partial charge >= 0.3 is 0 Å². The molecule has 0 spiro atoms. The molecule has 0 bridgehead atoms. The van der Waals surface area contributed by atoms with E-state index in [0.29, 0.717) is 5.69 Å². The van der Waals surface area contributed by atoms with Gasteiger partial charge in [0, 0.05) is 12.5 Å². The van der Waals surface area contributed by atoms with Crippen LogP contribution in [0.4, 0.5) is 0 Å². The van der Waals surface area contributed by atoms with E-state index < -0.39 is 0 Å². The number of nitrogens with zero attached hydrogens (tertiary/aromatic N) is 1. The fourth-order valence-electron chi connectivity index (χ4n) is 1.54. The van der Waals surface area contributed by atoms with E-state index in [1.54, 1.807) is 0 Å². The van der Waals surface area contributed by atoms with Crippen LogP contribution in [0, 0.1) is 3.57 Å². The SMILES string of the molecule is COCOn1c(C=O)c(I)c2ccccc21. The highest BCUT2D eigenvalue weighted by molar-refractivity contribution is 14.1. The Labute approximate surface area is 106 Å². The summed E-state index contributed by atoms with van der Waals surface area (Å²) in [7, 11) is 1.54. The lowest BCUT2D eigenvalue weighted by Crippen LogP contribution is -2.16. The maximum atomic E-state index is 11.0. The highest BCUT2D eigenvalue weighted by Gasteiger charge is 2.15. The van der Waals surface area contributed by atoms with Crippen molar-refractivity contribution in [2.75, 3.05) is 13.9 Å². The molecule has 1 aromatic heterocycles. The number of aldehydes is 1. The van der Waals surface area contributed by atoms with E-state index >= 15 is 0 Å². The van der Waals surface area contributed by atoms with Gasteiger partial charge in [0.05, 0.1) is 9.09 Å². The Morgan fingerprint density at radius 1 is 1.44 bits per heavy atom. The Morgan fingerprint density at radius 2 is 2.19 bits per heavy atom. The van der Waals surface area contributed by atoms with Crippen molar-refractivity contribution in [3.8, 4) is 0 Å². The maximum absolute atomic E-state index is 11.0. The van der Waals surface area contributed by atoms with Crippen LogP contribution in [0.1, 0.15) is 10.5 Å². The summed E-state index contributed by atoms with van der Waals surface area (Å²) in [6, 6.07) is 7.69. The number of hydrogen-bond acceptors (Lipinski definition) is 3. The number of fused-ring (bicyclic) bond motifs is 1. The van der Waals surface area contributed by atoms with Crippen LogP contribution in [0.5, 0.6) is 0 Å². The molecular weight excluding hydrogens is 321 g/mol. The summed E-state index contributed by atoms with van der Waals surface area (Å²) >= 11 is 2.14. The Balaban J connectivity index is 2.63. The summed E-state index contributed by atoms with van der Waals surface area (Å²) in [6.45, 7) is 0.107. The number of halogens is 1. The first-order valence-corrected chi connectivity index (χ1v) is 5.73. The number of para-hydroxylation sites is 1. The molecule has 0 atom stereocenters. The average Bonchev–Trinajstić information content (AvgIpc) is 2.60. The third kappa shape index (κ3) is 1.80. The van der Waals surface area contributed by atoms with Gasteiger partial charge in [0.25, 0.3) is 0 Å². The number of carbonyl (C=O) groups is 1.